The van der Waals surface area contributed by atoms with E-state index in [1.54, 1.807) is 13.0 Å². The van der Waals surface area contributed by atoms with Crippen molar-refractivity contribution in [3.05, 3.63) is 35.1 Å². The Kier molecular flexibility index (Phi) is 3.82. The van der Waals surface area contributed by atoms with Crippen molar-refractivity contribution in [1.29, 1.82) is 0 Å². The van der Waals surface area contributed by atoms with E-state index in [2.05, 4.69) is 15.9 Å². The van der Waals surface area contributed by atoms with Crippen LogP contribution >= 0.6 is 15.9 Å². The second kappa shape index (κ2) is 5.17. The third-order valence-corrected chi connectivity index (χ3v) is 3.98. The molecule has 2 rings (SSSR count). The van der Waals surface area contributed by atoms with E-state index in [1.165, 1.54) is 12.1 Å². The number of likely N-dealkylation sites (tertiary alicyclic amines) is 1. The first kappa shape index (κ1) is 12.6. The highest BCUT2D eigenvalue weighted by Crippen LogP contribution is 2.23. The van der Waals surface area contributed by atoms with Gasteiger partial charge in [0.25, 0.3) is 5.91 Å². The second-order valence-corrected chi connectivity index (χ2v) is 5.06. The summed E-state index contributed by atoms with van der Waals surface area (Å²) in [6.45, 7) is 2.57. The van der Waals surface area contributed by atoms with Gasteiger partial charge in [-0.1, -0.05) is 15.9 Å². The maximum absolute atomic E-state index is 13.0. The van der Waals surface area contributed by atoms with E-state index in [0.29, 0.717) is 11.1 Å². The Morgan fingerprint density at radius 1 is 1.59 bits per heavy atom. The van der Waals surface area contributed by atoms with Crippen molar-refractivity contribution < 1.29 is 9.18 Å². The number of carbonyl (C=O) groups excluding carboxylic acids is 1. The van der Waals surface area contributed by atoms with Crippen molar-refractivity contribution in [2.24, 2.45) is 0 Å². The van der Waals surface area contributed by atoms with Crippen LogP contribution in [0.15, 0.2) is 18.2 Å². The molecular weight excluding hydrogens is 285 g/mol. The lowest BCUT2D eigenvalue weighted by Crippen LogP contribution is -2.36. The van der Waals surface area contributed by atoms with Crippen LogP contribution < -0.4 is 0 Å². The molecule has 1 aliphatic heterocycles. The molecule has 1 fully saturated rings. The second-order valence-electron chi connectivity index (χ2n) is 4.41. The number of nitrogens with zero attached hydrogens (tertiary/aromatic N) is 1. The van der Waals surface area contributed by atoms with Gasteiger partial charge in [0.15, 0.2) is 0 Å². The topological polar surface area (TPSA) is 20.3 Å². The molecule has 2 nitrogen and oxygen atoms in total. The predicted molar refractivity (Wildman–Crippen MR) is 69.0 cm³/mol. The average molecular weight is 300 g/mol. The lowest BCUT2D eigenvalue weighted by molar-refractivity contribution is 0.0750. The molecule has 17 heavy (non-hydrogen) atoms. The fourth-order valence-electron chi connectivity index (χ4n) is 2.29. The van der Waals surface area contributed by atoms with Crippen molar-refractivity contribution in [2.45, 2.75) is 25.8 Å². The molecule has 4 heteroatoms. The van der Waals surface area contributed by atoms with Gasteiger partial charge in [-0.3, -0.25) is 4.79 Å². The zero-order valence-corrected chi connectivity index (χ0v) is 11.3. The first-order valence-corrected chi connectivity index (χ1v) is 6.88. The molecule has 0 bridgehead atoms. The molecule has 1 unspecified atom stereocenters. The molecular formula is C13H15BrFNO. The highest BCUT2D eigenvalue weighted by molar-refractivity contribution is 9.09. The minimum absolute atomic E-state index is 0.0180. The van der Waals surface area contributed by atoms with Crippen LogP contribution in [0.4, 0.5) is 4.39 Å². The van der Waals surface area contributed by atoms with E-state index in [0.717, 1.165) is 24.7 Å². The van der Waals surface area contributed by atoms with E-state index in [1.807, 2.05) is 4.90 Å². The number of amides is 1. The molecule has 1 aliphatic rings. The van der Waals surface area contributed by atoms with Gasteiger partial charge < -0.3 is 4.90 Å². The Morgan fingerprint density at radius 3 is 3.00 bits per heavy atom. The monoisotopic (exact) mass is 299 g/mol. The fourth-order valence-corrected chi connectivity index (χ4v) is 2.96. The van der Waals surface area contributed by atoms with Crippen LogP contribution in [0.1, 0.15) is 28.8 Å². The van der Waals surface area contributed by atoms with Gasteiger partial charge in [-0.2, -0.15) is 0 Å². The quantitative estimate of drug-likeness (QED) is 0.768. The van der Waals surface area contributed by atoms with Crippen molar-refractivity contribution in [1.82, 2.24) is 4.90 Å². The molecule has 1 atom stereocenters. The van der Waals surface area contributed by atoms with Crippen molar-refractivity contribution in [3.63, 3.8) is 0 Å². The summed E-state index contributed by atoms with van der Waals surface area (Å²) in [5.41, 5.74) is 1.31. The number of halogens is 2. The molecule has 0 spiro atoms. The summed E-state index contributed by atoms with van der Waals surface area (Å²) in [5.74, 6) is -0.276. The van der Waals surface area contributed by atoms with E-state index < -0.39 is 0 Å². The lowest BCUT2D eigenvalue weighted by atomic mass is 10.1. The highest BCUT2D eigenvalue weighted by Gasteiger charge is 2.29. The number of benzene rings is 1. The van der Waals surface area contributed by atoms with Crippen LogP contribution in [-0.2, 0) is 0 Å². The Labute approximate surface area is 109 Å². The Morgan fingerprint density at radius 2 is 2.35 bits per heavy atom. The summed E-state index contributed by atoms with van der Waals surface area (Å²) in [5, 5.41) is 0.805. The molecule has 1 heterocycles. The minimum atomic E-state index is -0.294. The molecule has 0 radical (unpaired) electrons. The Hall–Kier alpha value is -0.900. The third kappa shape index (κ3) is 2.51. The summed E-state index contributed by atoms with van der Waals surface area (Å²) in [7, 11) is 0. The van der Waals surface area contributed by atoms with E-state index in [4.69, 9.17) is 0 Å². The molecule has 0 aliphatic carbocycles. The van der Waals surface area contributed by atoms with E-state index in [-0.39, 0.29) is 17.8 Å². The lowest BCUT2D eigenvalue weighted by Gasteiger charge is -2.23. The third-order valence-electron chi connectivity index (χ3n) is 3.23. The molecule has 1 aromatic carbocycles. The first-order chi connectivity index (χ1) is 8.13. The normalized spacial score (nSPS) is 19.7. The zero-order valence-electron chi connectivity index (χ0n) is 9.75. The van der Waals surface area contributed by atoms with Crippen LogP contribution in [0, 0.1) is 12.7 Å². The van der Waals surface area contributed by atoms with Gasteiger partial charge in [0.2, 0.25) is 0 Å². The van der Waals surface area contributed by atoms with Crippen LogP contribution in [0.3, 0.4) is 0 Å². The minimum Gasteiger partial charge on any atom is -0.335 e. The smallest absolute Gasteiger partial charge is 0.254 e. The Bertz CT molecular complexity index is 435. The van der Waals surface area contributed by atoms with Crippen LogP contribution in [0.2, 0.25) is 0 Å². The molecule has 0 N–H and O–H groups in total. The van der Waals surface area contributed by atoms with E-state index >= 15 is 0 Å². The van der Waals surface area contributed by atoms with E-state index in [9.17, 15) is 9.18 Å². The summed E-state index contributed by atoms with van der Waals surface area (Å²) in [4.78, 5) is 14.2. The van der Waals surface area contributed by atoms with Gasteiger partial charge in [0, 0.05) is 23.5 Å². The standard InChI is InChI=1S/C13H15BrFNO/c1-9-7-10(15)4-5-12(9)13(17)16-6-2-3-11(16)8-14/h4-5,7,11H,2-3,6,8H2,1H3. The van der Waals surface area contributed by atoms with Gasteiger partial charge in [-0.05, 0) is 43.5 Å². The number of rotatable bonds is 2. The van der Waals surface area contributed by atoms with Gasteiger partial charge in [-0.15, -0.1) is 0 Å². The highest BCUT2D eigenvalue weighted by atomic mass is 79.9. The van der Waals surface area contributed by atoms with Gasteiger partial charge in [0.05, 0.1) is 0 Å². The number of carbonyl (C=O) groups is 1. The number of hydrogen-bond acceptors (Lipinski definition) is 1. The molecule has 0 saturated carbocycles. The van der Waals surface area contributed by atoms with Crippen LogP contribution in [0.25, 0.3) is 0 Å². The largest absolute Gasteiger partial charge is 0.335 e. The summed E-state index contributed by atoms with van der Waals surface area (Å²) in [6, 6.07) is 4.61. The van der Waals surface area contributed by atoms with Crippen molar-refractivity contribution in [2.75, 3.05) is 11.9 Å². The molecule has 0 aromatic heterocycles. The first-order valence-electron chi connectivity index (χ1n) is 5.76. The Balaban J connectivity index is 2.24. The molecule has 92 valence electrons. The van der Waals surface area contributed by atoms with Gasteiger partial charge in [-0.25, -0.2) is 4.39 Å². The number of hydrogen-bond donors (Lipinski definition) is 0. The molecule has 1 saturated heterocycles. The molecule has 1 aromatic rings. The summed E-state index contributed by atoms with van der Waals surface area (Å²) in [6.07, 6.45) is 2.08. The van der Waals surface area contributed by atoms with Crippen molar-refractivity contribution >= 4 is 21.8 Å². The number of aryl methyl sites for hydroxylation is 1. The van der Waals surface area contributed by atoms with Gasteiger partial charge >= 0.3 is 0 Å². The van der Waals surface area contributed by atoms with Crippen LogP contribution in [-0.4, -0.2) is 28.7 Å². The summed E-state index contributed by atoms with van der Waals surface area (Å²) >= 11 is 3.43. The zero-order chi connectivity index (χ0) is 12.4. The van der Waals surface area contributed by atoms with Crippen LogP contribution in [0.5, 0.6) is 0 Å². The van der Waals surface area contributed by atoms with Crippen molar-refractivity contribution in [3.8, 4) is 0 Å². The average Bonchev–Trinajstić information content (AvgIpc) is 2.76. The maximum Gasteiger partial charge on any atom is 0.254 e. The molecule has 1 amide bonds. The van der Waals surface area contributed by atoms with Gasteiger partial charge in [0.1, 0.15) is 5.82 Å². The fraction of sp³-hybridized carbons (Fsp3) is 0.462. The summed E-state index contributed by atoms with van der Waals surface area (Å²) < 4.78 is 13.0. The predicted octanol–water partition coefficient (Wildman–Crippen LogP) is 3.13. The SMILES string of the molecule is Cc1cc(F)ccc1C(=O)N1CCCC1CBr. The maximum atomic E-state index is 13.0. The number of alkyl halides is 1.